The zero-order chi connectivity index (χ0) is 10.4. The number of aromatic nitrogens is 1. The Hall–Kier alpha value is -1.32. The first-order valence-electron chi connectivity index (χ1n) is 4.83. The monoisotopic (exact) mass is 189 g/mol. The molecule has 0 unspecified atom stereocenters. The molecule has 0 bridgehead atoms. The van der Waals surface area contributed by atoms with Gasteiger partial charge >= 0.3 is 0 Å². The molecule has 0 atom stereocenters. The van der Waals surface area contributed by atoms with Gasteiger partial charge in [-0.15, -0.1) is 0 Å². The van der Waals surface area contributed by atoms with Crippen molar-refractivity contribution in [1.29, 1.82) is 0 Å². The topological polar surface area (TPSA) is 56.0 Å². The van der Waals surface area contributed by atoms with Crippen LogP contribution in [0.2, 0.25) is 6.32 Å². The maximum absolute atomic E-state index is 10.7. The molecule has 0 fully saturated rings. The summed E-state index contributed by atoms with van der Waals surface area (Å²) in [5, 5.41) is 0. The number of primary amides is 1. The average Bonchev–Trinajstić information content (AvgIpc) is 2.19. The van der Waals surface area contributed by atoms with Crippen LogP contribution < -0.4 is 11.2 Å². The number of carbonyl (C=O) groups excluding carboxylic acids is 1. The van der Waals surface area contributed by atoms with E-state index < -0.39 is 5.91 Å². The van der Waals surface area contributed by atoms with Crippen LogP contribution in [0.25, 0.3) is 0 Å². The first-order valence-corrected chi connectivity index (χ1v) is 4.83. The maximum atomic E-state index is 10.7. The van der Waals surface area contributed by atoms with E-state index in [-0.39, 0.29) is 0 Å². The van der Waals surface area contributed by atoms with Crippen LogP contribution in [0.4, 0.5) is 0 Å². The summed E-state index contributed by atoms with van der Waals surface area (Å²) in [6.07, 6.45) is 5.09. The molecular weight excluding hydrogens is 175 g/mol. The van der Waals surface area contributed by atoms with Gasteiger partial charge in [0, 0.05) is 6.20 Å². The van der Waals surface area contributed by atoms with Crippen molar-refractivity contribution < 1.29 is 4.79 Å². The number of amides is 1. The van der Waals surface area contributed by atoms with E-state index in [4.69, 9.17) is 5.73 Å². The number of nitrogens with two attached hydrogens (primary N) is 1. The number of carbonyl (C=O) groups is 1. The van der Waals surface area contributed by atoms with Gasteiger partial charge in [0.05, 0.1) is 0 Å². The maximum Gasteiger partial charge on any atom is 0.267 e. The zero-order valence-corrected chi connectivity index (χ0v) is 8.36. The van der Waals surface area contributed by atoms with Gasteiger partial charge < -0.3 is 5.73 Å². The lowest BCUT2D eigenvalue weighted by molar-refractivity contribution is 0.0995. The smallest absolute Gasteiger partial charge is 0.267 e. The summed E-state index contributed by atoms with van der Waals surface area (Å²) in [6.45, 7) is 2.16. The van der Waals surface area contributed by atoms with E-state index in [1.54, 1.807) is 12.3 Å². The van der Waals surface area contributed by atoms with Gasteiger partial charge in [0.15, 0.2) is 7.28 Å². The van der Waals surface area contributed by atoms with Gasteiger partial charge in [-0.1, -0.05) is 37.6 Å². The van der Waals surface area contributed by atoms with Crippen LogP contribution in [0.1, 0.15) is 30.3 Å². The molecule has 1 amide bonds. The summed E-state index contributed by atoms with van der Waals surface area (Å²) < 4.78 is 0. The predicted molar refractivity (Wildman–Crippen MR) is 57.9 cm³/mol. The van der Waals surface area contributed by atoms with Crippen LogP contribution in [0.15, 0.2) is 18.3 Å². The summed E-state index contributed by atoms with van der Waals surface area (Å²) in [6, 6.07) is 3.52. The largest absolute Gasteiger partial charge is 0.364 e. The number of pyridine rings is 1. The third kappa shape index (κ3) is 3.20. The molecule has 1 aromatic heterocycles. The second-order valence-corrected chi connectivity index (χ2v) is 3.19. The van der Waals surface area contributed by atoms with Gasteiger partial charge in [0.1, 0.15) is 5.69 Å². The molecule has 14 heavy (non-hydrogen) atoms. The molecule has 0 spiro atoms. The molecule has 0 aromatic carbocycles. The lowest BCUT2D eigenvalue weighted by atomic mass is 9.67. The fourth-order valence-corrected chi connectivity index (χ4v) is 1.14. The standard InChI is InChI=1S/C10H14BN2O/c1-2-3-6-11-8-4-5-9(10(12)14)13-7-8/h4-5,7H,2-3,6H2,1H3,(H2,12,14). The second kappa shape index (κ2) is 5.42. The Kier molecular flexibility index (Phi) is 4.17. The Balaban J connectivity index is 2.51. The van der Waals surface area contributed by atoms with Crippen molar-refractivity contribution in [2.45, 2.75) is 26.1 Å². The fourth-order valence-electron chi connectivity index (χ4n) is 1.14. The SMILES string of the molecule is CCCC[B]c1ccc(C(N)=O)nc1. The van der Waals surface area contributed by atoms with E-state index >= 15 is 0 Å². The number of hydrogen-bond donors (Lipinski definition) is 1. The first kappa shape index (κ1) is 10.8. The summed E-state index contributed by atoms with van der Waals surface area (Å²) >= 11 is 0. The van der Waals surface area contributed by atoms with Crippen molar-refractivity contribution >= 4 is 18.6 Å². The molecule has 0 aliphatic carbocycles. The number of nitrogens with zero attached hydrogens (tertiary/aromatic N) is 1. The molecule has 0 saturated carbocycles. The van der Waals surface area contributed by atoms with Crippen molar-refractivity contribution in [3.05, 3.63) is 24.0 Å². The number of hydrogen-bond acceptors (Lipinski definition) is 2. The van der Waals surface area contributed by atoms with Crippen molar-refractivity contribution in [1.82, 2.24) is 4.98 Å². The minimum absolute atomic E-state index is 0.317. The number of unbranched alkanes of at least 4 members (excludes halogenated alkanes) is 1. The van der Waals surface area contributed by atoms with Gasteiger partial charge in [-0.2, -0.15) is 0 Å². The Morgan fingerprint density at radius 2 is 2.36 bits per heavy atom. The molecule has 0 aliphatic heterocycles. The predicted octanol–water partition coefficient (Wildman–Crippen LogP) is 0.728. The third-order valence-corrected chi connectivity index (χ3v) is 1.98. The van der Waals surface area contributed by atoms with Gasteiger partial charge in [-0.3, -0.25) is 9.78 Å². The van der Waals surface area contributed by atoms with Crippen molar-refractivity contribution in [2.24, 2.45) is 5.73 Å². The van der Waals surface area contributed by atoms with Gasteiger partial charge in [-0.05, 0) is 6.07 Å². The Bertz CT molecular complexity index is 297. The number of rotatable bonds is 5. The molecule has 1 rings (SSSR count). The Morgan fingerprint density at radius 3 is 2.86 bits per heavy atom. The quantitative estimate of drug-likeness (QED) is 0.548. The van der Waals surface area contributed by atoms with Crippen molar-refractivity contribution in [3.63, 3.8) is 0 Å². The van der Waals surface area contributed by atoms with Crippen LogP contribution in [0, 0.1) is 0 Å². The van der Waals surface area contributed by atoms with Crippen LogP contribution in [-0.2, 0) is 0 Å². The highest BCUT2D eigenvalue weighted by molar-refractivity contribution is 6.53. The molecule has 4 heteroatoms. The summed E-state index contributed by atoms with van der Waals surface area (Å²) in [4.78, 5) is 14.7. The van der Waals surface area contributed by atoms with E-state index in [9.17, 15) is 4.79 Å². The molecule has 2 N–H and O–H groups in total. The summed E-state index contributed by atoms with van der Waals surface area (Å²) in [7, 11) is 2.11. The summed E-state index contributed by atoms with van der Waals surface area (Å²) in [5.41, 5.74) is 6.44. The molecule has 0 saturated heterocycles. The van der Waals surface area contributed by atoms with E-state index in [1.807, 2.05) is 6.07 Å². The zero-order valence-electron chi connectivity index (χ0n) is 8.36. The molecule has 1 aromatic rings. The van der Waals surface area contributed by atoms with Gasteiger partial charge in [0.2, 0.25) is 0 Å². The average molecular weight is 189 g/mol. The van der Waals surface area contributed by atoms with Crippen molar-refractivity contribution in [3.8, 4) is 0 Å². The van der Waals surface area contributed by atoms with Gasteiger partial charge in [0.25, 0.3) is 5.91 Å². The van der Waals surface area contributed by atoms with Crippen molar-refractivity contribution in [2.75, 3.05) is 0 Å². The van der Waals surface area contributed by atoms with Crippen LogP contribution in [0.3, 0.4) is 0 Å². The van der Waals surface area contributed by atoms with E-state index in [0.717, 1.165) is 11.8 Å². The lowest BCUT2D eigenvalue weighted by Crippen LogP contribution is -2.18. The van der Waals surface area contributed by atoms with E-state index in [1.165, 1.54) is 12.8 Å². The first-order chi connectivity index (χ1) is 6.74. The Morgan fingerprint density at radius 1 is 1.57 bits per heavy atom. The molecule has 73 valence electrons. The summed E-state index contributed by atoms with van der Waals surface area (Å²) in [5.74, 6) is -0.481. The third-order valence-electron chi connectivity index (χ3n) is 1.98. The highest BCUT2D eigenvalue weighted by Gasteiger charge is 2.01. The van der Waals surface area contributed by atoms with E-state index in [2.05, 4.69) is 19.2 Å². The molecular formula is C10H14BN2O. The second-order valence-electron chi connectivity index (χ2n) is 3.19. The van der Waals surface area contributed by atoms with Gasteiger partial charge in [-0.25, -0.2) is 0 Å². The normalized spacial score (nSPS) is 9.79. The molecule has 1 heterocycles. The molecule has 3 nitrogen and oxygen atoms in total. The molecule has 0 aliphatic rings. The lowest BCUT2D eigenvalue weighted by Gasteiger charge is -1.99. The molecule has 1 radical (unpaired) electrons. The van der Waals surface area contributed by atoms with E-state index in [0.29, 0.717) is 5.69 Å². The van der Waals surface area contributed by atoms with Crippen LogP contribution in [0.5, 0.6) is 0 Å². The highest BCUT2D eigenvalue weighted by atomic mass is 16.1. The van der Waals surface area contributed by atoms with Crippen LogP contribution >= 0.6 is 0 Å². The highest BCUT2D eigenvalue weighted by Crippen LogP contribution is 1.94. The van der Waals surface area contributed by atoms with Crippen LogP contribution in [-0.4, -0.2) is 18.2 Å². The minimum atomic E-state index is -0.481. The fraction of sp³-hybridized carbons (Fsp3) is 0.400. The Labute approximate surface area is 85.0 Å². The minimum Gasteiger partial charge on any atom is -0.364 e.